The Hall–Kier alpha value is -1.10. The molecule has 13 heavy (non-hydrogen) atoms. The Morgan fingerprint density at radius 2 is 1.85 bits per heavy atom. The van der Waals surface area contributed by atoms with E-state index in [2.05, 4.69) is 5.32 Å². The van der Waals surface area contributed by atoms with Gasteiger partial charge in [0.25, 0.3) is 0 Å². The quantitative estimate of drug-likeness (QED) is 0.476. The topological polar surface area (TPSA) is 69.6 Å². The summed E-state index contributed by atoms with van der Waals surface area (Å²) in [5, 5.41) is 10.7. The number of nitrogens with one attached hydrogen (secondary N) is 1. The van der Waals surface area contributed by atoms with Crippen molar-refractivity contribution in [2.45, 2.75) is 26.9 Å². The molecule has 76 valence electrons. The van der Waals surface area contributed by atoms with Crippen LogP contribution in [0, 0.1) is 0 Å². The minimum atomic E-state index is -1.45. The fraction of sp³-hybridized carbons (Fsp3) is 0.750. The monoisotopic (exact) mass is 188 g/mol. The number of amides is 1. The van der Waals surface area contributed by atoms with E-state index in [0.29, 0.717) is 0 Å². The smallest absolute Gasteiger partial charge is 0.394 e. The van der Waals surface area contributed by atoms with E-state index in [1.54, 1.807) is 6.92 Å². The molecule has 0 spiro atoms. The van der Waals surface area contributed by atoms with E-state index in [1.165, 1.54) is 0 Å². The van der Waals surface area contributed by atoms with Gasteiger partial charge in [0, 0.05) is 0 Å². The third-order valence-corrected chi connectivity index (χ3v) is 1.89. The summed E-state index contributed by atoms with van der Waals surface area (Å²) >= 11 is 0. The van der Waals surface area contributed by atoms with Gasteiger partial charge in [-0.05, 0) is 20.0 Å². The van der Waals surface area contributed by atoms with Crippen LogP contribution in [0.5, 0.6) is 0 Å². The van der Waals surface area contributed by atoms with Crippen molar-refractivity contribution >= 4 is 11.9 Å². The van der Waals surface area contributed by atoms with Gasteiger partial charge in [0.15, 0.2) is 0 Å². The molecule has 0 radical (unpaired) electrons. The predicted molar refractivity (Wildman–Crippen MR) is 48.2 cm³/mol. The van der Waals surface area contributed by atoms with Gasteiger partial charge in [0.2, 0.25) is 0 Å². The largest absolute Gasteiger partial charge is 0.474 e. The molecule has 1 unspecified atom stereocenters. The number of carboxylic acid groups (broad SMARTS) is 1. The number of carbonyl (C=O) groups is 2. The Kier molecular flexibility index (Phi) is 5.06. The van der Waals surface area contributed by atoms with Crippen molar-refractivity contribution in [2.24, 2.45) is 0 Å². The molecule has 1 amide bonds. The molecule has 2 N–H and O–H groups in total. The molecular formula is C8H16N2O3. The maximum atomic E-state index is 10.8. The lowest BCUT2D eigenvalue weighted by Crippen LogP contribution is -2.48. The molecule has 0 bridgehead atoms. The highest BCUT2D eigenvalue weighted by atomic mass is 16.4. The summed E-state index contributed by atoms with van der Waals surface area (Å²) in [6.45, 7) is 7.21. The minimum absolute atomic E-state index is 0.237. The lowest BCUT2D eigenvalue weighted by Gasteiger charge is -2.26. The van der Waals surface area contributed by atoms with Crippen LogP contribution < -0.4 is 5.32 Å². The van der Waals surface area contributed by atoms with Gasteiger partial charge in [-0.25, -0.2) is 4.79 Å². The fourth-order valence-electron chi connectivity index (χ4n) is 1.11. The summed E-state index contributed by atoms with van der Waals surface area (Å²) in [5.74, 6) is -2.40. The number of carbonyl (C=O) groups excluding carboxylic acids is 1. The molecule has 0 saturated heterocycles. The maximum absolute atomic E-state index is 10.8. The van der Waals surface area contributed by atoms with E-state index < -0.39 is 11.9 Å². The van der Waals surface area contributed by atoms with E-state index in [1.807, 2.05) is 18.7 Å². The molecule has 0 rings (SSSR count). The van der Waals surface area contributed by atoms with Gasteiger partial charge < -0.3 is 10.4 Å². The zero-order valence-corrected chi connectivity index (χ0v) is 8.20. The molecule has 0 heterocycles. The number of carboxylic acids is 1. The fourth-order valence-corrected chi connectivity index (χ4v) is 1.11. The maximum Gasteiger partial charge on any atom is 0.394 e. The number of hydrogen-bond donors (Lipinski definition) is 2. The molecule has 0 saturated carbocycles. The van der Waals surface area contributed by atoms with Gasteiger partial charge in [-0.1, -0.05) is 13.8 Å². The van der Waals surface area contributed by atoms with E-state index >= 15 is 0 Å². The van der Waals surface area contributed by atoms with Crippen LogP contribution in [0.1, 0.15) is 20.8 Å². The first-order valence-electron chi connectivity index (χ1n) is 4.30. The predicted octanol–water partition coefficient (Wildman–Crippen LogP) is -0.125. The minimum Gasteiger partial charge on any atom is -0.474 e. The zero-order valence-electron chi connectivity index (χ0n) is 8.20. The molecule has 0 aliphatic heterocycles. The van der Waals surface area contributed by atoms with E-state index in [4.69, 9.17) is 5.11 Å². The van der Waals surface area contributed by atoms with Gasteiger partial charge >= 0.3 is 11.9 Å². The summed E-state index contributed by atoms with van der Waals surface area (Å²) in [4.78, 5) is 22.9. The first-order chi connectivity index (χ1) is 6.02. The van der Waals surface area contributed by atoms with Gasteiger partial charge in [-0.2, -0.15) is 0 Å². The highest BCUT2D eigenvalue weighted by Crippen LogP contribution is 1.93. The zero-order chi connectivity index (χ0) is 10.4. The molecule has 0 aromatic rings. The Balaban J connectivity index is 4.04. The Bertz CT molecular complexity index is 190. The van der Waals surface area contributed by atoms with Gasteiger partial charge in [0.05, 0.1) is 6.17 Å². The molecule has 0 aromatic heterocycles. The molecule has 1 atom stereocenters. The van der Waals surface area contributed by atoms with Gasteiger partial charge in [0.1, 0.15) is 0 Å². The summed E-state index contributed by atoms with van der Waals surface area (Å²) < 4.78 is 0. The van der Waals surface area contributed by atoms with E-state index in [9.17, 15) is 9.59 Å². The number of hydrogen-bond acceptors (Lipinski definition) is 3. The SMILES string of the molecule is CCN(CC)C(C)NC(=O)C(=O)O. The first-order valence-corrected chi connectivity index (χ1v) is 4.30. The Morgan fingerprint density at radius 1 is 1.38 bits per heavy atom. The third kappa shape index (κ3) is 3.89. The van der Waals surface area contributed by atoms with Crippen molar-refractivity contribution in [3.8, 4) is 0 Å². The second-order valence-electron chi connectivity index (χ2n) is 2.68. The number of aliphatic carboxylic acids is 1. The Labute approximate surface area is 77.7 Å². The van der Waals surface area contributed by atoms with Crippen molar-refractivity contribution in [1.29, 1.82) is 0 Å². The lowest BCUT2D eigenvalue weighted by molar-refractivity contribution is -0.151. The van der Waals surface area contributed by atoms with Crippen LogP contribution in [0.4, 0.5) is 0 Å². The highest BCUT2D eigenvalue weighted by molar-refractivity contribution is 6.31. The normalized spacial score (nSPS) is 12.6. The van der Waals surface area contributed by atoms with Crippen LogP contribution >= 0.6 is 0 Å². The lowest BCUT2D eigenvalue weighted by atomic mass is 10.4. The van der Waals surface area contributed by atoms with Crippen LogP contribution in [-0.4, -0.2) is 41.1 Å². The molecule has 0 fully saturated rings. The van der Waals surface area contributed by atoms with Gasteiger partial charge in [-0.3, -0.25) is 9.69 Å². The van der Waals surface area contributed by atoms with Gasteiger partial charge in [-0.15, -0.1) is 0 Å². The summed E-state index contributed by atoms with van der Waals surface area (Å²) in [6.07, 6.45) is -0.237. The van der Waals surface area contributed by atoms with Crippen LogP contribution in [0.2, 0.25) is 0 Å². The summed E-state index contributed by atoms with van der Waals surface area (Å²) in [7, 11) is 0. The molecule has 0 aliphatic rings. The second kappa shape index (κ2) is 5.53. The van der Waals surface area contributed by atoms with Crippen molar-refractivity contribution in [1.82, 2.24) is 10.2 Å². The van der Waals surface area contributed by atoms with Crippen LogP contribution in [0.15, 0.2) is 0 Å². The van der Waals surface area contributed by atoms with E-state index in [-0.39, 0.29) is 6.17 Å². The molecule has 0 aromatic carbocycles. The first kappa shape index (κ1) is 11.9. The van der Waals surface area contributed by atoms with Crippen molar-refractivity contribution in [3.05, 3.63) is 0 Å². The van der Waals surface area contributed by atoms with Crippen molar-refractivity contribution in [3.63, 3.8) is 0 Å². The standard InChI is InChI=1S/C8H16N2O3/c1-4-10(5-2)6(3)9-7(11)8(12)13/h6H,4-5H2,1-3H3,(H,9,11)(H,12,13). The van der Waals surface area contributed by atoms with Crippen LogP contribution in [-0.2, 0) is 9.59 Å². The van der Waals surface area contributed by atoms with E-state index in [0.717, 1.165) is 13.1 Å². The van der Waals surface area contributed by atoms with Crippen LogP contribution in [0.3, 0.4) is 0 Å². The number of nitrogens with zero attached hydrogens (tertiary/aromatic N) is 1. The molecular weight excluding hydrogens is 172 g/mol. The van der Waals surface area contributed by atoms with Crippen LogP contribution in [0.25, 0.3) is 0 Å². The van der Waals surface area contributed by atoms with Crippen molar-refractivity contribution in [2.75, 3.05) is 13.1 Å². The summed E-state index contributed by atoms with van der Waals surface area (Å²) in [5.41, 5.74) is 0. The average molecular weight is 188 g/mol. The summed E-state index contributed by atoms with van der Waals surface area (Å²) in [6, 6.07) is 0. The second-order valence-corrected chi connectivity index (χ2v) is 2.68. The molecule has 5 nitrogen and oxygen atoms in total. The Morgan fingerprint density at radius 3 is 2.15 bits per heavy atom. The van der Waals surface area contributed by atoms with Crippen molar-refractivity contribution < 1.29 is 14.7 Å². The molecule has 0 aliphatic carbocycles. The average Bonchev–Trinajstić information content (AvgIpc) is 2.06. The highest BCUT2D eigenvalue weighted by Gasteiger charge is 2.17. The third-order valence-electron chi connectivity index (χ3n) is 1.89. The molecule has 5 heteroatoms. The number of rotatable bonds is 4.